The topological polar surface area (TPSA) is 115 Å². The molecule has 8 heteroatoms. The highest BCUT2D eigenvalue weighted by Gasteiger charge is 2.22. The maximum absolute atomic E-state index is 13.4. The van der Waals surface area contributed by atoms with Gasteiger partial charge in [-0.2, -0.15) is 0 Å². The van der Waals surface area contributed by atoms with Gasteiger partial charge in [-0.05, 0) is 48.9 Å². The van der Waals surface area contributed by atoms with Gasteiger partial charge in [0.15, 0.2) is 5.69 Å². The molecule has 0 amide bonds. The van der Waals surface area contributed by atoms with Crippen LogP contribution < -0.4 is 5.73 Å². The molecule has 0 aliphatic carbocycles. The second-order valence-electron chi connectivity index (χ2n) is 6.16. The molecule has 0 aliphatic heterocycles. The third kappa shape index (κ3) is 3.01. The van der Waals surface area contributed by atoms with Crippen molar-refractivity contribution in [3.05, 3.63) is 66.0 Å². The number of carboxylic acids is 1. The Morgan fingerprint density at radius 2 is 1.75 bits per heavy atom. The fraction of sp³-hybridized carbons (Fsp3) is 0.0500. The van der Waals surface area contributed by atoms with Crippen LogP contribution in [0.5, 0.6) is 0 Å². The molecule has 0 radical (unpaired) electrons. The lowest BCUT2D eigenvalue weighted by molar-refractivity contribution is 0.0691. The highest BCUT2D eigenvalue weighted by molar-refractivity contribution is 6.00. The molecule has 138 valence electrons. The Balaban J connectivity index is 2.06. The molecular formula is C20H14FN5O2. The maximum atomic E-state index is 13.4. The second kappa shape index (κ2) is 6.66. The van der Waals surface area contributed by atoms with E-state index in [1.54, 1.807) is 18.2 Å². The fourth-order valence-electron chi connectivity index (χ4n) is 3.06. The maximum Gasteiger partial charge on any atom is 0.355 e. The Hall–Kier alpha value is -3.94. The molecular weight excluding hydrogens is 361 g/mol. The molecule has 2 aromatic carbocycles. The second-order valence-corrected chi connectivity index (χ2v) is 6.16. The number of aromatic nitrogens is 4. The first-order valence-corrected chi connectivity index (χ1v) is 8.32. The summed E-state index contributed by atoms with van der Waals surface area (Å²) in [5.74, 6) is -1.83. The van der Waals surface area contributed by atoms with Crippen molar-refractivity contribution in [1.82, 2.24) is 19.9 Å². The summed E-state index contributed by atoms with van der Waals surface area (Å²) in [6, 6.07) is 10.9. The number of carboxylic acid groups (broad SMARTS) is 1. The summed E-state index contributed by atoms with van der Waals surface area (Å²) >= 11 is 0. The average Bonchev–Trinajstić information content (AvgIpc) is 2.68. The van der Waals surface area contributed by atoms with Crippen molar-refractivity contribution in [2.24, 2.45) is 0 Å². The summed E-state index contributed by atoms with van der Waals surface area (Å²) in [7, 11) is 0. The number of halogens is 1. The molecule has 0 unspecified atom stereocenters. The number of aryl methyl sites for hydroxylation is 1. The molecule has 0 bridgehead atoms. The molecule has 7 nitrogen and oxygen atoms in total. The van der Waals surface area contributed by atoms with Gasteiger partial charge < -0.3 is 10.8 Å². The van der Waals surface area contributed by atoms with Gasteiger partial charge in [-0.1, -0.05) is 6.07 Å². The smallest absolute Gasteiger partial charge is 0.355 e. The zero-order valence-electron chi connectivity index (χ0n) is 14.7. The van der Waals surface area contributed by atoms with Crippen molar-refractivity contribution < 1.29 is 14.3 Å². The lowest BCUT2D eigenvalue weighted by Gasteiger charge is -2.13. The van der Waals surface area contributed by atoms with Crippen molar-refractivity contribution in [3.8, 4) is 22.4 Å². The van der Waals surface area contributed by atoms with Gasteiger partial charge in [0.05, 0.1) is 11.2 Å². The van der Waals surface area contributed by atoms with Gasteiger partial charge >= 0.3 is 5.97 Å². The molecule has 0 saturated carbocycles. The number of nitrogens with zero attached hydrogens (tertiary/aromatic N) is 4. The Morgan fingerprint density at radius 1 is 1.04 bits per heavy atom. The molecule has 0 aliphatic rings. The minimum absolute atomic E-state index is 0.180. The number of hydrogen-bond acceptors (Lipinski definition) is 6. The van der Waals surface area contributed by atoms with E-state index >= 15 is 0 Å². The Morgan fingerprint density at radius 3 is 2.46 bits per heavy atom. The highest BCUT2D eigenvalue weighted by atomic mass is 19.1. The van der Waals surface area contributed by atoms with Gasteiger partial charge in [-0.25, -0.2) is 29.1 Å². The first kappa shape index (κ1) is 17.5. The van der Waals surface area contributed by atoms with E-state index in [2.05, 4.69) is 19.9 Å². The van der Waals surface area contributed by atoms with Crippen LogP contribution >= 0.6 is 0 Å². The number of aromatic carboxylic acids is 1. The Bertz CT molecular complexity index is 1230. The van der Waals surface area contributed by atoms with Crippen LogP contribution in [-0.4, -0.2) is 31.0 Å². The van der Waals surface area contributed by atoms with Crippen LogP contribution in [0, 0.1) is 12.7 Å². The summed E-state index contributed by atoms with van der Waals surface area (Å²) in [5.41, 5.74) is 8.68. The van der Waals surface area contributed by atoms with E-state index < -0.39 is 11.8 Å². The van der Waals surface area contributed by atoms with Crippen molar-refractivity contribution in [2.75, 3.05) is 5.73 Å². The molecule has 2 aromatic heterocycles. The SMILES string of the molecule is Cc1ncnc2ccc(-c3c(C(=O)O)nc(N)nc3-c3ccc(F)cc3)cc12. The molecule has 0 atom stereocenters. The first-order valence-electron chi connectivity index (χ1n) is 8.32. The van der Waals surface area contributed by atoms with Crippen LogP contribution in [0.2, 0.25) is 0 Å². The predicted molar refractivity (Wildman–Crippen MR) is 102 cm³/mol. The van der Waals surface area contributed by atoms with Crippen LogP contribution in [0.15, 0.2) is 48.8 Å². The van der Waals surface area contributed by atoms with E-state index in [9.17, 15) is 14.3 Å². The molecule has 4 rings (SSSR count). The summed E-state index contributed by atoms with van der Waals surface area (Å²) in [4.78, 5) is 28.4. The number of nitrogen functional groups attached to an aromatic ring is 1. The number of fused-ring (bicyclic) bond motifs is 1. The van der Waals surface area contributed by atoms with Gasteiger partial charge in [0.2, 0.25) is 5.95 Å². The van der Waals surface area contributed by atoms with Crippen molar-refractivity contribution in [3.63, 3.8) is 0 Å². The van der Waals surface area contributed by atoms with Crippen LogP contribution in [-0.2, 0) is 0 Å². The number of hydrogen-bond donors (Lipinski definition) is 2. The van der Waals surface area contributed by atoms with E-state index in [4.69, 9.17) is 5.73 Å². The zero-order valence-corrected chi connectivity index (χ0v) is 14.7. The summed E-state index contributed by atoms with van der Waals surface area (Å²) < 4.78 is 13.4. The third-order valence-corrected chi connectivity index (χ3v) is 4.37. The highest BCUT2D eigenvalue weighted by Crippen LogP contribution is 2.35. The Labute approximate surface area is 158 Å². The Kier molecular flexibility index (Phi) is 4.15. The molecule has 0 fully saturated rings. The zero-order chi connectivity index (χ0) is 19.8. The lowest BCUT2D eigenvalue weighted by atomic mass is 9.96. The van der Waals surface area contributed by atoms with Gasteiger partial charge in [0, 0.05) is 22.2 Å². The van der Waals surface area contributed by atoms with Crippen LogP contribution in [0.4, 0.5) is 10.3 Å². The normalized spacial score (nSPS) is 10.9. The third-order valence-electron chi connectivity index (χ3n) is 4.37. The van der Waals surface area contributed by atoms with Gasteiger partial charge in [-0.3, -0.25) is 0 Å². The molecule has 28 heavy (non-hydrogen) atoms. The monoisotopic (exact) mass is 375 g/mol. The standard InChI is InChI=1S/C20H14FN5O2/c1-10-14-8-12(4-7-15(14)24-9-23-10)16-17(11-2-5-13(21)6-3-11)25-20(22)26-18(16)19(27)28/h2-9H,1H3,(H,27,28)(H2,22,25,26). The predicted octanol–water partition coefficient (Wildman–Crippen LogP) is 3.48. The number of benzene rings is 2. The summed E-state index contributed by atoms with van der Waals surface area (Å²) in [6.07, 6.45) is 1.47. The first-order chi connectivity index (χ1) is 13.4. The summed E-state index contributed by atoms with van der Waals surface area (Å²) in [6.45, 7) is 1.84. The number of carbonyl (C=O) groups is 1. The molecule has 0 saturated heterocycles. The average molecular weight is 375 g/mol. The van der Waals surface area contributed by atoms with E-state index in [0.717, 1.165) is 16.6 Å². The van der Waals surface area contributed by atoms with E-state index in [0.29, 0.717) is 22.4 Å². The molecule has 3 N–H and O–H groups in total. The van der Waals surface area contributed by atoms with Crippen molar-refractivity contribution in [2.45, 2.75) is 6.92 Å². The van der Waals surface area contributed by atoms with Crippen LogP contribution in [0.25, 0.3) is 33.3 Å². The van der Waals surface area contributed by atoms with E-state index in [-0.39, 0.29) is 11.6 Å². The minimum atomic E-state index is -1.24. The van der Waals surface area contributed by atoms with Crippen LogP contribution in [0.1, 0.15) is 16.2 Å². The van der Waals surface area contributed by atoms with Crippen molar-refractivity contribution >= 4 is 22.8 Å². The number of anilines is 1. The van der Waals surface area contributed by atoms with Crippen LogP contribution in [0.3, 0.4) is 0 Å². The van der Waals surface area contributed by atoms with Gasteiger partial charge in [0.1, 0.15) is 12.1 Å². The van der Waals surface area contributed by atoms with Gasteiger partial charge in [-0.15, -0.1) is 0 Å². The van der Waals surface area contributed by atoms with E-state index in [1.165, 1.54) is 30.6 Å². The van der Waals surface area contributed by atoms with Gasteiger partial charge in [0.25, 0.3) is 0 Å². The molecule has 4 aromatic rings. The fourth-order valence-corrected chi connectivity index (χ4v) is 3.06. The molecule has 0 spiro atoms. The lowest BCUT2D eigenvalue weighted by Crippen LogP contribution is -2.10. The molecule has 2 heterocycles. The largest absolute Gasteiger partial charge is 0.476 e. The number of rotatable bonds is 3. The van der Waals surface area contributed by atoms with Crippen molar-refractivity contribution in [1.29, 1.82) is 0 Å². The quantitative estimate of drug-likeness (QED) is 0.563. The van der Waals surface area contributed by atoms with E-state index in [1.807, 2.05) is 6.92 Å². The minimum Gasteiger partial charge on any atom is -0.476 e. The number of nitrogens with two attached hydrogens (primary N) is 1. The summed E-state index contributed by atoms with van der Waals surface area (Å²) in [5, 5.41) is 10.5.